The molecule has 2 aromatic rings. The molecule has 134 valence electrons. The Labute approximate surface area is 148 Å². The minimum absolute atomic E-state index is 0.00479. The minimum Gasteiger partial charge on any atom is -0.349 e. The van der Waals surface area contributed by atoms with E-state index in [0.717, 1.165) is 10.9 Å². The Hall–Kier alpha value is -1.99. The molecular formula is C18H23N3O3S. The maximum Gasteiger partial charge on any atom is 0.251 e. The Morgan fingerprint density at radius 2 is 2.04 bits per heavy atom. The summed E-state index contributed by atoms with van der Waals surface area (Å²) in [5.74, 6) is 0.0652. The minimum atomic E-state index is -3.15. The second-order valence-corrected chi connectivity index (χ2v) is 8.46. The van der Waals surface area contributed by atoms with Crippen molar-refractivity contribution in [2.45, 2.75) is 32.2 Å². The third-order valence-electron chi connectivity index (χ3n) is 4.51. The van der Waals surface area contributed by atoms with Crippen molar-refractivity contribution in [2.75, 3.05) is 18.8 Å². The van der Waals surface area contributed by atoms with Gasteiger partial charge in [-0.2, -0.15) is 0 Å². The Bertz CT molecular complexity index is 859. The number of nitrogens with one attached hydrogen (secondary N) is 1. The number of sulfonamides is 1. The van der Waals surface area contributed by atoms with Gasteiger partial charge in [-0.05, 0) is 43.5 Å². The van der Waals surface area contributed by atoms with Gasteiger partial charge in [0.1, 0.15) is 0 Å². The maximum atomic E-state index is 12.5. The molecule has 1 fully saturated rings. The van der Waals surface area contributed by atoms with Crippen LogP contribution in [0.1, 0.15) is 36.5 Å². The average Bonchev–Trinajstić information content (AvgIpc) is 2.61. The van der Waals surface area contributed by atoms with Gasteiger partial charge in [0.15, 0.2) is 0 Å². The highest BCUT2D eigenvalue weighted by Crippen LogP contribution is 2.17. The van der Waals surface area contributed by atoms with E-state index in [0.29, 0.717) is 37.9 Å². The number of hydrogen-bond donors (Lipinski definition) is 1. The van der Waals surface area contributed by atoms with Gasteiger partial charge in [0, 0.05) is 36.3 Å². The van der Waals surface area contributed by atoms with Gasteiger partial charge in [0.2, 0.25) is 10.0 Å². The van der Waals surface area contributed by atoms with E-state index in [9.17, 15) is 13.2 Å². The van der Waals surface area contributed by atoms with Crippen LogP contribution in [0.2, 0.25) is 0 Å². The van der Waals surface area contributed by atoms with Crippen LogP contribution in [0.3, 0.4) is 0 Å². The number of carbonyl (C=O) groups is 1. The first-order chi connectivity index (χ1) is 12.0. The zero-order chi connectivity index (χ0) is 17.9. The molecule has 1 aliphatic rings. The average molecular weight is 361 g/mol. The molecule has 0 saturated carbocycles. The van der Waals surface area contributed by atoms with Crippen molar-refractivity contribution in [1.29, 1.82) is 0 Å². The van der Waals surface area contributed by atoms with Crippen molar-refractivity contribution in [2.24, 2.45) is 0 Å². The summed E-state index contributed by atoms with van der Waals surface area (Å²) in [6.45, 7) is 2.80. The molecule has 1 N–H and O–H groups in total. The predicted octanol–water partition coefficient (Wildman–Crippen LogP) is 2.17. The predicted molar refractivity (Wildman–Crippen MR) is 97.9 cm³/mol. The maximum absolute atomic E-state index is 12.5. The van der Waals surface area contributed by atoms with E-state index in [1.807, 2.05) is 31.2 Å². The Kier molecular flexibility index (Phi) is 5.34. The van der Waals surface area contributed by atoms with Gasteiger partial charge >= 0.3 is 0 Å². The van der Waals surface area contributed by atoms with E-state index >= 15 is 0 Å². The summed E-state index contributed by atoms with van der Waals surface area (Å²) >= 11 is 0. The van der Waals surface area contributed by atoms with Gasteiger partial charge in [0.05, 0.1) is 11.3 Å². The molecule has 3 rings (SSSR count). The first-order valence-corrected chi connectivity index (χ1v) is 10.2. The number of benzene rings is 1. The lowest BCUT2D eigenvalue weighted by Crippen LogP contribution is -2.47. The van der Waals surface area contributed by atoms with Crippen LogP contribution in [0.25, 0.3) is 10.9 Å². The van der Waals surface area contributed by atoms with Crippen molar-refractivity contribution in [3.8, 4) is 0 Å². The number of piperidine rings is 1. The highest BCUT2D eigenvalue weighted by Gasteiger charge is 2.28. The molecule has 6 nitrogen and oxygen atoms in total. The van der Waals surface area contributed by atoms with E-state index in [4.69, 9.17) is 0 Å². The fraction of sp³-hybridized carbons (Fsp3) is 0.444. The molecule has 1 saturated heterocycles. The fourth-order valence-electron chi connectivity index (χ4n) is 3.15. The third kappa shape index (κ3) is 4.16. The fourth-order valence-corrected chi connectivity index (χ4v) is 4.69. The summed E-state index contributed by atoms with van der Waals surface area (Å²) in [6.07, 6.45) is 3.63. The molecule has 1 aromatic carbocycles. The molecule has 0 atom stereocenters. The molecule has 1 amide bonds. The van der Waals surface area contributed by atoms with Gasteiger partial charge in [-0.15, -0.1) is 0 Å². The van der Waals surface area contributed by atoms with Gasteiger partial charge in [-0.3, -0.25) is 9.78 Å². The highest BCUT2D eigenvalue weighted by molar-refractivity contribution is 7.89. The standard InChI is InChI=1S/C18H23N3O3S/c1-2-12-25(23,24)21-10-7-16(8-11-21)20-18(22)15-5-6-17-14(13-15)4-3-9-19-17/h3-6,9,13,16H,2,7-8,10-12H2,1H3,(H,20,22). The SMILES string of the molecule is CCCS(=O)(=O)N1CCC(NC(=O)c2ccc3ncccc3c2)CC1. The largest absolute Gasteiger partial charge is 0.349 e. The first-order valence-electron chi connectivity index (χ1n) is 8.63. The molecule has 1 aliphatic heterocycles. The number of rotatable bonds is 5. The van der Waals surface area contributed by atoms with Crippen LogP contribution in [0.5, 0.6) is 0 Å². The Morgan fingerprint density at radius 1 is 1.28 bits per heavy atom. The van der Waals surface area contributed by atoms with E-state index in [2.05, 4.69) is 10.3 Å². The quantitative estimate of drug-likeness (QED) is 0.885. The van der Waals surface area contributed by atoms with Crippen molar-refractivity contribution >= 4 is 26.8 Å². The lowest BCUT2D eigenvalue weighted by Gasteiger charge is -2.31. The lowest BCUT2D eigenvalue weighted by molar-refractivity contribution is 0.0924. The number of amides is 1. The zero-order valence-corrected chi connectivity index (χ0v) is 15.1. The van der Waals surface area contributed by atoms with Crippen LogP contribution in [0, 0.1) is 0 Å². The van der Waals surface area contributed by atoms with Crippen LogP contribution >= 0.6 is 0 Å². The number of nitrogens with zero attached hydrogens (tertiary/aromatic N) is 2. The van der Waals surface area contributed by atoms with E-state index < -0.39 is 10.0 Å². The zero-order valence-electron chi connectivity index (χ0n) is 14.3. The molecule has 25 heavy (non-hydrogen) atoms. The van der Waals surface area contributed by atoms with Crippen LogP contribution in [0.4, 0.5) is 0 Å². The summed E-state index contributed by atoms with van der Waals surface area (Å²) < 4.78 is 25.7. The smallest absolute Gasteiger partial charge is 0.251 e. The second-order valence-electron chi connectivity index (χ2n) is 6.37. The molecule has 0 radical (unpaired) electrons. The van der Waals surface area contributed by atoms with Crippen LogP contribution in [-0.4, -0.2) is 48.5 Å². The molecule has 0 aliphatic carbocycles. The molecular weight excluding hydrogens is 338 g/mol. The lowest BCUT2D eigenvalue weighted by atomic mass is 10.1. The molecule has 0 unspecified atom stereocenters. The second kappa shape index (κ2) is 7.49. The summed E-state index contributed by atoms with van der Waals surface area (Å²) in [5.41, 5.74) is 1.45. The van der Waals surface area contributed by atoms with E-state index in [1.54, 1.807) is 16.6 Å². The van der Waals surface area contributed by atoms with E-state index in [1.165, 1.54) is 0 Å². The van der Waals surface area contributed by atoms with Crippen molar-refractivity contribution in [3.63, 3.8) is 0 Å². The summed E-state index contributed by atoms with van der Waals surface area (Å²) in [6, 6.07) is 9.21. The summed E-state index contributed by atoms with van der Waals surface area (Å²) in [5, 5.41) is 3.95. The third-order valence-corrected chi connectivity index (χ3v) is 6.59. The van der Waals surface area contributed by atoms with Gasteiger partial charge in [-0.25, -0.2) is 12.7 Å². The molecule has 2 heterocycles. The Morgan fingerprint density at radius 3 is 2.76 bits per heavy atom. The van der Waals surface area contributed by atoms with Gasteiger partial charge in [0.25, 0.3) is 5.91 Å². The van der Waals surface area contributed by atoms with Crippen LogP contribution < -0.4 is 5.32 Å². The number of aromatic nitrogens is 1. The molecule has 1 aromatic heterocycles. The number of fused-ring (bicyclic) bond motifs is 1. The van der Waals surface area contributed by atoms with Crippen molar-refractivity contribution in [1.82, 2.24) is 14.6 Å². The number of hydrogen-bond acceptors (Lipinski definition) is 4. The molecule has 7 heteroatoms. The summed E-state index contributed by atoms with van der Waals surface area (Å²) in [7, 11) is -3.15. The first kappa shape index (κ1) is 17.8. The normalized spacial score (nSPS) is 16.8. The molecule has 0 bridgehead atoms. The Balaban J connectivity index is 1.60. The highest BCUT2D eigenvalue weighted by atomic mass is 32.2. The number of carbonyl (C=O) groups excluding carboxylic acids is 1. The van der Waals surface area contributed by atoms with Crippen molar-refractivity contribution < 1.29 is 13.2 Å². The monoisotopic (exact) mass is 361 g/mol. The van der Waals surface area contributed by atoms with E-state index in [-0.39, 0.29) is 17.7 Å². The summed E-state index contributed by atoms with van der Waals surface area (Å²) in [4.78, 5) is 16.7. The topological polar surface area (TPSA) is 79.4 Å². The van der Waals surface area contributed by atoms with Crippen LogP contribution in [-0.2, 0) is 10.0 Å². The number of pyridine rings is 1. The van der Waals surface area contributed by atoms with Crippen LogP contribution in [0.15, 0.2) is 36.5 Å². The van der Waals surface area contributed by atoms with Gasteiger partial charge < -0.3 is 5.32 Å². The van der Waals surface area contributed by atoms with Crippen molar-refractivity contribution in [3.05, 3.63) is 42.1 Å². The van der Waals surface area contributed by atoms with Gasteiger partial charge in [-0.1, -0.05) is 13.0 Å². The molecule has 0 spiro atoms.